The van der Waals surface area contributed by atoms with Crippen molar-refractivity contribution in [1.29, 1.82) is 0 Å². The van der Waals surface area contributed by atoms with Crippen molar-refractivity contribution in [3.63, 3.8) is 0 Å². The number of nitrogens with one attached hydrogen (secondary N) is 1. The summed E-state index contributed by atoms with van der Waals surface area (Å²) < 4.78 is 0. The number of aromatic carboxylic acids is 1. The van der Waals surface area contributed by atoms with Crippen molar-refractivity contribution >= 4 is 34.9 Å². The van der Waals surface area contributed by atoms with Gasteiger partial charge in [-0.25, -0.2) is 4.79 Å². The summed E-state index contributed by atoms with van der Waals surface area (Å²) in [6.07, 6.45) is 0. The summed E-state index contributed by atoms with van der Waals surface area (Å²) in [4.78, 5) is 10.9. The van der Waals surface area contributed by atoms with E-state index in [1.807, 2.05) is 0 Å². The molecule has 3 N–H and O–H groups in total. The molecule has 0 aliphatic carbocycles. The molecular formula is C14H11Cl2NO3. The third-order valence-electron chi connectivity index (χ3n) is 2.68. The van der Waals surface area contributed by atoms with Crippen molar-refractivity contribution in [2.45, 2.75) is 6.54 Å². The van der Waals surface area contributed by atoms with E-state index in [9.17, 15) is 9.90 Å². The van der Waals surface area contributed by atoms with E-state index in [4.69, 9.17) is 28.3 Å². The predicted molar refractivity (Wildman–Crippen MR) is 78.9 cm³/mol. The molecule has 2 rings (SSSR count). The molecule has 0 saturated carbocycles. The second-order valence-corrected chi connectivity index (χ2v) is 4.96. The number of carboxylic acids is 1. The number of benzene rings is 2. The van der Waals surface area contributed by atoms with Gasteiger partial charge < -0.3 is 15.5 Å². The van der Waals surface area contributed by atoms with E-state index < -0.39 is 5.97 Å². The maximum Gasteiger partial charge on any atom is 0.335 e. The Balaban J connectivity index is 2.13. The van der Waals surface area contributed by atoms with Crippen LogP contribution in [-0.2, 0) is 6.54 Å². The number of anilines is 1. The van der Waals surface area contributed by atoms with Gasteiger partial charge in [0.15, 0.2) is 5.75 Å². The van der Waals surface area contributed by atoms with Gasteiger partial charge in [-0.3, -0.25) is 0 Å². The molecule has 0 aliphatic rings. The van der Waals surface area contributed by atoms with E-state index in [0.29, 0.717) is 12.2 Å². The van der Waals surface area contributed by atoms with Crippen LogP contribution in [0.1, 0.15) is 15.9 Å². The van der Waals surface area contributed by atoms with Crippen molar-refractivity contribution < 1.29 is 15.0 Å². The molecule has 0 saturated heterocycles. The molecule has 20 heavy (non-hydrogen) atoms. The standard InChI is InChI=1S/C14H11Cl2NO3/c15-11-4-8(5-12(16)13(11)18)7-17-10-3-1-2-9(6-10)14(19)20/h1-6,17-18H,7H2,(H,19,20). The zero-order valence-electron chi connectivity index (χ0n) is 10.2. The van der Waals surface area contributed by atoms with Crippen LogP contribution in [0.15, 0.2) is 36.4 Å². The number of hydrogen-bond acceptors (Lipinski definition) is 3. The summed E-state index contributed by atoms with van der Waals surface area (Å²) >= 11 is 11.7. The van der Waals surface area contributed by atoms with Crippen LogP contribution in [0, 0.1) is 0 Å². The number of phenols is 1. The lowest BCUT2D eigenvalue weighted by molar-refractivity contribution is 0.0697. The molecular weight excluding hydrogens is 301 g/mol. The maximum atomic E-state index is 10.9. The highest BCUT2D eigenvalue weighted by molar-refractivity contribution is 6.37. The van der Waals surface area contributed by atoms with E-state index in [1.165, 1.54) is 12.1 Å². The minimum atomic E-state index is -0.982. The van der Waals surface area contributed by atoms with E-state index in [-0.39, 0.29) is 21.4 Å². The number of carbonyl (C=O) groups is 1. The Morgan fingerprint density at radius 3 is 2.40 bits per heavy atom. The molecule has 0 aliphatic heterocycles. The van der Waals surface area contributed by atoms with Crippen LogP contribution < -0.4 is 5.32 Å². The Morgan fingerprint density at radius 1 is 1.15 bits per heavy atom. The molecule has 0 spiro atoms. The minimum absolute atomic E-state index is 0.148. The van der Waals surface area contributed by atoms with Gasteiger partial charge in [0, 0.05) is 12.2 Å². The van der Waals surface area contributed by atoms with Crippen molar-refractivity contribution in [2.24, 2.45) is 0 Å². The topological polar surface area (TPSA) is 69.6 Å². The number of halogens is 2. The van der Waals surface area contributed by atoms with Crippen molar-refractivity contribution in [2.75, 3.05) is 5.32 Å². The largest absolute Gasteiger partial charge is 0.505 e. The van der Waals surface area contributed by atoms with Crippen molar-refractivity contribution in [1.82, 2.24) is 0 Å². The highest BCUT2D eigenvalue weighted by atomic mass is 35.5. The Kier molecular flexibility index (Phi) is 4.37. The minimum Gasteiger partial charge on any atom is -0.505 e. The zero-order valence-corrected chi connectivity index (χ0v) is 11.7. The molecule has 2 aromatic carbocycles. The first kappa shape index (κ1) is 14.5. The predicted octanol–water partition coefficient (Wildman–Crippen LogP) is 4.01. The Labute approximate surface area is 125 Å². The Morgan fingerprint density at radius 2 is 1.80 bits per heavy atom. The number of aromatic hydroxyl groups is 1. The highest BCUT2D eigenvalue weighted by Gasteiger charge is 2.07. The molecule has 6 heteroatoms. The van der Waals surface area contributed by atoms with Gasteiger partial charge in [-0.2, -0.15) is 0 Å². The molecule has 4 nitrogen and oxygen atoms in total. The second-order valence-electron chi connectivity index (χ2n) is 4.15. The van der Waals surface area contributed by atoms with E-state index in [1.54, 1.807) is 24.3 Å². The highest BCUT2D eigenvalue weighted by Crippen LogP contribution is 2.32. The van der Waals surface area contributed by atoms with Gasteiger partial charge in [0.1, 0.15) is 0 Å². The molecule has 0 amide bonds. The molecule has 0 atom stereocenters. The normalized spacial score (nSPS) is 10.3. The average Bonchev–Trinajstić information content (AvgIpc) is 2.42. The van der Waals surface area contributed by atoms with Crippen LogP contribution in [0.2, 0.25) is 10.0 Å². The summed E-state index contributed by atoms with van der Waals surface area (Å²) in [7, 11) is 0. The van der Waals surface area contributed by atoms with E-state index in [2.05, 4.69) is 5.32 Å². The average molecular weight is 312 g/mol. The first-order chi connectivity index (χ1) is 9.47. The van der Waals surface area contributed by atoms with Crippen LogP contribution in [-0.4, -0.2) is 16.2 Å². The molecule has 0 aromatic heterocycles. The lowest BCUT2D eigenvalue weighted by Gasteiger charge is -2.09. The Bertz CT molecular complexity index is 636. The summed E-state index contributed by atoms with van der Waals surface area (Å²) in [5.41, 5.74) is 1.65. The number of carboxylic acid groups (broad SMARTS) is 1. The zero-order chi connectivity index (χ0) is 14.7. The fourth-order valence-electron chi connectivity index (χ4n) is 1.69. The second kappa shape index (κ2) is 6.03. The molecule has 0 unspecified atom stereocenters. The molecule has 0 fully saturated rings. The number of phenolic OH excluding ortho intramolecular Hbond substituents is 1. The summed E-state index contributed by atoms with van der Waals surface area (Å²) in [5.74, 6) is -1.13. The van der Waals surface area contributed by atoms with Gasteiger partial charge in [-0.1, -0.05) is 29.3 Å². The summed E-state index contributed by atoms with van der Waals surface area (Å²) in [6.45, 7) is 0.406. The van der Waals surface area contributed by atoms with Crippen LogP contribution in [0.5, 0.6) is 5.75 Å². The van der Waals surface area contributed by atoms with Gasteiger partial charge in [-0.05, 0) is 35.9 Å². The third-order valence-corrected chi connectivity index (χ3v) is 3.26. The third kappa shape index (κ3) is 3.35. The van der Waals surface area contributed by atoms with Crippen LogP contribution in [0.3, 0.4) is 0 Å². The Hall–Kier alpha value is -1.91. The number of rotatable bonds is 4. The van der Waals surface area contributed by atoms with Gasteiger partial charge in [0.25, 0.3) is 0 Å². The van der Waals surface area contributed by atoms with E-state index in [0.717, 1.165) is 5.56 Å². The lowest BCUT2D eigenvalue weighted by Crippen LogP contribution is -2.02. The SMILES string of the molecule is O=C(O)c1cccc(NCc2cc(Cl)c(O)c(Cl)c2)c1. The van der Waals surface area contributed by atoms with E-state index >= 15 is 0 Å². The van der Waals surface area contributed by atoms with Gasteiger partial charge in [0.2, 0.25) is 0 Å². The maximum absolute atomic E-state index is 10.9. The quantitative estimate of drug-likeness (QED) is 0.798. The summed E-state index contributed by atoms with van der Waals surface area (Å²) in [5, 5.41) is 21.8. The van der Waals surface area contributed by atoms with Crippen LogP contribution in [0.4, 0.5) is 5.69 Å². The molecule has 104 valence electrons. The van der Waals surface area contributed by atoms with Gasteiger partial charge >= 0.3 is 5.97 Å². The van der Waals surface area contributed by atoms with Crippen LogP contribution >= 0.6 is 23.2 Å². The fraction of sp³-hybridized carbons (Fsp3) is 0.0714. The molecule has 0 heterocycles. The van der Waals surface area contributed by atoms with Crippen molar-refractivity contribution in [3.05, 3.63) is 57.6 Å². The monoisotopic (exact) mass is 311 g/mol. The van der Waals surface area contributed by atoms with Crippen LogP contribution in [0.25, 0.3) is 0 Å². The van der Waals surface area contributed by atoms with Crippen molar-refractivity contribution in [3.8, 4) is 5.75 Å². The molecule has 0 bridgehead atoms. The first-order valence-corrected chi connectivity index (χ1v) is 6.47. The fourth-order valence-corrected chi connectivity index (χ4v) is 2.22. The van der Waals surface area contributed by atoms with Gasteiger partial charge in [-0.15, -0.1) is 0 Å². The first-order valence-electron chi connectivity index (χ1n) is 5.71. The number of hydrogen-bond donors (Lipinski definition) is 3. The summed E-state index contributed by atoms with van der Waals surface area (Å²) in [6, 6.07) is 9.65. The lowest BCUT2D eigenvalue weighted by atomic mass is 10.2. The molecule has 0 radical (unpaired) electrons. The van der Waals surface area contributed by atoms with Gasteiger partial charge in [0.05, 0.1) is 15.6 Å². The smallest absolute Gasteiger partial charge is 0.335 e. The molecule has 2 aromatic rings.